The Labute approximate surface area is 208 Å². The molecule has 180 valence electrons. The van der Waals surface area contributed by atoms with Crippen molar-refractivity contribution in [1.82, 2.24) is 24.6 Å². The van der Waals surface area contributed by atoms with Crippen molar-refractivity contribution >= 4 is 40.9 Å². The first-order valence-electron chi connectivity index (χ1n) is 11.2. The van der Waals surface area contributed by atoms with Crippen LogP contribution in [0.4, 0.5) is 10.5 Å². The van der Waals surface area contributed by atoms with E-state index in [0.717, 1.165) is 65.9 Å². The van der Waals surface area contributed by atoms with E-state index in [1.165, 1.54) is 11.6 Å². The summed E-state index contributed by atoms with van der Waals surface area (Å²) in [6.07, 6.45) is 6.08. The van der Waals surface area contributed by atoms with Crippen LogP contribution in [0.1, 0.15) is 12.5 Å². The Morgan fingerprint density at radius 1 is 1.24 bits per heavy atom. The van der Waals surface area contributed by atoms with Gasteiger partial charge in [0.1, 0.15) is 11.3 Å². The molecule has 4 heterocycles. The third-order valence-electron chi connectivity index (χ3n) is 6.24. The number of rotatable bonds is 4. The summed E-state index contributed by atoms with van der Waals surface area (Å²) in [5, 5.41) is 7.99. The number of benzene rings is 1. The number of carbonyl (C=O) groups excluding carboxylic acids is 2. The van der Waals surface area contributed by atoms with Gasteiger partial charge < -0.3 is 14.6 Å². The lowest BCUT2D eigenvalue weighted by Crippen LogP contribution is -2.36. The zero-order valence-electron chi connectivity index (χ0n) is 19.6. The number of likely N-dealkylation sites (tertiary alicyclic amines) is 2. The fourth-order valence-electron chi connectivity index (χ4n) is 4.58. The largest absolute Gasteiger partial charge is 0.375 e. The number of halogens is 1. The Morgan fingerprint density at radius 3 is 2.50 bits per heavy atom. The van der Waals surface area contributed by atoms with Crippen molar-refractivity contribution in [2.45, 2.75) is 13.5 Å². The SMILES string of the molecule is CC=O.CN(C)c1cnn(C(=O)N2CC3CN(Cc4ccc(-c5nccs5)cc4Cl)CC3C2)c1. The van der Waals surface area contributed by atoms with Crippen LogP contribution >= 0.6 is 22.9 Å². The predicted octanol–water partition coefficient (Wildman–Crippen LogP) is 3.96. The summed E-state index contributed by atoms with van der Waals surface area (Å²) in [7, 11) is 3.89. The lowest BCUT2D eigenvalue weighted by atomic mass is 10.0. The number of carbonyl (C=O) groups is 2. The molecule has 0 N–H and O–H groups in total. The van der Waals surface area contributed by atoms with Gasteiger partial charge in [-0.05, 0) is 30.4 Å². The molecule has 2 atom stereocenters. The summed E-state index contributed by atoms with van der Waals surface area (Å²) in [5.74, 6) is 1.00. The molecule has 2 aliphatic heterocycles. The number of aldehydes is 1. The van der Waals surface area contributed by atoms with E-state index in [4.69, 9.17) is 16.4 Å². The van der Waals surface area contributed by atoms with Crippen molar-refractivity contribution in [3.05, 3.63) is 52.8 Å². The average Bonchev–Trinajstić information content (AvgIpc) is 3.58. The van der Waals surface area contributed by atoms with Crippen LogP contribution in [0.15, 0.2) is 42.2 Å². The van der Waals surface area contributed by atoms with Crippen molar-refractivity contribution in [2.75, 3.05) is 45.2 Å². The second-order valence-corrected chi connectivity index (χ2v) is 10.1. The Kier molecular flexibility index (Phi) is 7.65. The van der Waals surface area contributed by atoms with E-state index in [-0.39, 0.29) is 6.03 Å². The predicted molar refractivity (Wildman–Crippen MR) is 135 cm³/mol. The quantitative estimate of drug-likeness (QED) is 0.505. The van der Waals surface area contributed by atoms with Gasteiger partial charge in [0.25, 0.3) is 0 Å². The first-order chi connectivity index (χ1) is 16.4. The van der Waals surface area contributed by atoms with Crippen LogP contribution in [0.25, 0.3) is 10.6 Å². The molecular weight excluding hydrogens is 472 g/mol. The summed E-state index contributed by atoms with van der Waals surface area (Å²) < 4.78 is 1.46. The van der Waals surface area contributed by atoms with Gasteiger partial charge in [-0.25, -0.2) is 9.78 Å². The summed E-state index contributed by atoms with van der Waals surface area (Å²) in [6, 6.07) is 6.20. The molecule has 0 bridgehead atoms. The molecule has 2 saturated heterocycles. The smallest absolute Gasteiger partial charge is 0.344 e. The van der Waals surface area contributed by atoms with E-state index in [0.29, 0.717) is 11.8 Å². The molecule has 0 saturated carbocycles. The van der Waals surface area contributed by atoms with Crippen molar-refractivity contribution in [1.29, 1.82) is 0 Å². The number of amides is 1. The van der Waals surface area contributed by atoms with Gasteiger partial charge in [-0.1, -0.05) is 23.7 Å². The number of nitrogens with zero attached hydrogens (tertiary/aromatic N) is 6. The number of anilines is 1. The minimum atomic E-state index is -0.0325. The number of hydrogen-bond acceptors (Lipinski definition) is 7. The van der Waals surface area contributed by atoms with Crippen molar-refractivity contribution in [3.8, 4) is 10.6 Å². The highest BCUT2D eigenvalue weighted by atomic mass is 35.5. The molecule has 2 fully saturated rings. The first kappa shape index (κ1) is 24.4. The van der Waals surface area contributed by atoms with Crippen LogP contribution in [0.2, 0.25) is 5.02 Å². The zero-order chi connectivity index (χ0) is 24.2. The molecule has 2 unspecified atom stereocenters. The van der Waals surface area contributed by atoms with Gasteiger partial charge in [0.2, 0.25) is 0 Å². The summed E-state index contributed by atoms with van der Waals surface area (Å²) in [4.78, 5) is 32.3. The van der Waals surface area contributed by atoms with Crippen LogP contribution < -0.4 is 4.90 Å². The van der Waals surface area contributed by atoms with Crippen molar-refractivity contribution < 1.29 is 9.59 Å². The molecule has 10 heteroatoms. The maximum absolute atomic E-state index is 12.8. The van der Waals surface area contributed by atoms with E-state index in [1.54, 1.807) is 23.7 Å². The van der Waals surface area contributed by atoms with Crippen molar-refractivity contribution in [3.63, 3.8) is 0 Å². The standard InChI is InChI=1S/C22H25ClN6OS.C2H4O/c1-26(2)19-8-25-29(14-19)22(30)28-12-17-10-27(11-18(17)13-28)9-16-4-3-15(7-20(16)23)21-24-5-6-31-21;1-2-3/h3-8,14,17-18H,9-13H2,1-2H3;2H,1H3. The van der Waals surface area contributed by atoms with Gasteiger partial charge in [-0.3, -0.25) is 4.90 Å². The van der Waals surface area contributed by atoms with Gasteiger partial charge in [0, 0.05) is 69.0 Å². The van der Waals surface area contributed by atoms with Crippen LogP contribution in [-0.4, -0.2) is 77.2 Å². The summed E-state index contributed by atoms with van der Waals surface area (Å²) >= 11 is 8.20. The normalized spacial score (nSPS) is 19.5. The zero-order valence-corrected chi connectivity index (χ0v) is 21.2. The lowest BCUT2D eigenvalue weighted by Gasteiger charge is -2.22. The van der Waals surface area contributed by atoms with Crippen LogP contribution in [-0.2, 0) is 11.3 Å². The third kappa shape index (κ3) is 5.32. The molecule has 8 nitrogen and oxygen atoms in total. The van der Waals surface area contributed by atoms with Crippen LogP contribution in [0.5, 0.6) is 0 Å². The number of aromatic nitrogens is 3. The third-order valence-corrected chi connectivity index (χ3v) is 7.41. The fourth-order valence-corrected chi connectivity index (χ4v) is 5.46. The van der Waals surface area contributed by atoms with E-state index in [2.05, 4.69) is 27.1 Å². The Morgan fingerprint density at radius 2 is 1.94 bits per heavy atom. The highest BCUT2D eigenvalue weighted by Crippen LogP contribution is 2.34. The molecule has 2 aliphatic rings. The van der Waals surface area contributed by atoms with Crippen LogP contribution in [0.3, 0.4) is 0 Å². The van der Waals surface area contributed by atoms with E-state index in [1.807, 2.05) is 41.5 Å². The van der Waals surface area contributed by atoms with Crippen LogP contribution in [0, 0.1) is 11.8 Å². The molecule has 34 heavy (non-hydrogen) atoms. The fraction of sp³-hybridized carbons (Fsp3) is 0.417. The minimum Gasteiger partial charge on any atom is -0.375 e. The van der Waals surface area contributed by atoms with Crippen molar-refractivity contribution in [2.24, 2.45) is 11.8 Å². The second-order valence-electron chi connectivity index (χ2n) is 8.82. The van der Waals surface area contributed by atoms with E-state index in [9.17, 15) is 4.79 Å². The molecule has 1 amide bonds. The molecule has 5 rings (SSSR count). The Bertz CT molecular complexity index is 1120. The first-order valence-corrected chi connectivity index (χ1v) is 12.5. The monoisotopic (exact) mass is 500 g/mol. The molecule has 0 spiro atoms. The van der Waals surface area contributed by atoms with Gasteiger partial charge in [0.05, 0.1) is 18.1 Å². The molecular formula is C24H29ClN6O2S. The second kappa shape index (κ2) is 10.7. The van der Waals surface area contributed by atoms with Gasteiger partial charge in [-0.15, -0.1) is 11.3 Å². The molecule has 2 aromatic heterocycles. The van der Waals surface area contributed by atoms with E-state index < -0.39 is 0 Å². The average molecular weight is 501 g/mol. The Hall–Kier alpha value is -2.75. The highest BCUT2D eigenvalue weighted by Gasteiger charge is 2.42. The Balaban J connectivity index is 0.000000868. The summed E-state index contributed by atoms with van der Waals surface area (Å²) in [5.41, 5.74) is 3.13. The lowest BCUT2D eigenvalue weighted by molar-refractivity contribution is -0.106. The maximum Gasteiger partial charge on any atom is 0.344 e. The minimum absolute atomic E-state index is 0.0325. The number of hydrogen-bond donors (Lipinski definition) is 0. The van der Waals surface area contributed by atoms with Gasteiger partial charge >= 0.3 is 6.03 Å². The van der Waals surface area contributed by atoms with Gasteiger partial charge in [0.15, 0.2) is 0 Å². The molecule has 3 aromatic rings. The number of fused-ring (bicyclic) bond motifs is 1. The summed E-state index contributed by atoms with van der Waals surface area (Å²) in [6.45, 7) is 5.83. The highest BCUT2D eigenvalue weighted by molar-refractivity contribution is 7.13. The molecule has 1 aromatic carbocycles. The number of thiazole rings is 1. The molecule has 0 radical (unpaired) electrons. The maximum atomic E-state index is 12.8. The van der Waals surface area contributed by atoms with Gasteiger partial charge in [-0.2, -0.15) is 9.78 Å². The van der Waals surface area contributed by atoms with E-state index >= 15 is 0 Å². The molecule has 0 aliphatic carbocycles. The topological polar surface area (TPSA) is 74.6 Å².